The highest BCUT2D eigenvalue weighted by Gasteiger charge is 2.26. The Hall–Kier alpha value is -1.63. The standard InChI is InChI=1S/C14H22N4O2/c1-12-10-17(9-4-13(12)19)11-14(20)18(7-2-5-15)8-3-6-16/h12-13,19H,2-4,7-11H2,1H3. The topological polar surface area (TPSA) is 91.4 Å². The number of likely N-dealkylation sites (tertiary alicyclic amines) is 1. The molecule has 1 aliphatic heterocycles. The molecule has 0 radical (unpaired) electrons. The Labute approximate surface area is 120 Å². The van der Waals surface area contributed by atoms with Crippen LogP contribution in [-0.2, 0) is 4.79 Å². The van der Waals surface area contributed by atoms with E-state index in [1.807, 2.05) is 24.0 Å². The molecule has 20 heavy (non-hydrogen) atoms. The first-order valence-corrected chi connectivity index (χ1v) is 7.00. The lowest BCUT2D eigenvalue weighted by Gasteiger charge is -2.35. The lowest BCUT2D eigenvalue weighted by molar-refractivity contribution is -0.133. The second kappa shape index (κ2) is 8.52. The maximum absolute atomic E-state index is 12.2. The van der Waals surface area contributed by atoms with Crippen LogP contribution in [0.25, 0.3) is 0 Å². The van der Waals surface area contributed by atoms with E-state index in [-0.39, 0.29) is 30.8 Å². The minimum Gasteiger partial charge on any atom is -0.393 e. The number of carbonyl (C=O) groups is 1. The van der Waals surface area contributed by atoms with Crippen LogP contribution in [-0.4, -0.2) is 59.6 Å². The van der Waals surface area contributed by atoms with Gasteiger partial charge in [-0.3, -0.25) is 9.69 Å². The van der Waals surface area contributed by atoms with Crippen molar-refractivity contribution in [3.8, 4) is 12.1 Å². The molecule has 0 spiro atoms. The van der Waals surface area contributed by atoms with Gasteiger partial charge in [0.2, 0.25) is 5.91 Å². The summed E-state index contributed by atoms with van der Waals surface area (Å²) in [6, 6.07) is 4.05. The molecule has 0 aromatic rings. The first kappa shape index (κ1) is 16.4. The van der Waals surface area contributed by atoms with Crippen molar-refractivity contribution < 1.29 is 9.90 Å². The second-order valence-corrected chi connectivity index (χ2v) is 5.27. The summed E-state index contributed by atoms with van der Waals surface area (Å²) in [7, 11) is 0. The van der Waals surface area contributed by atoms with Gasteiger partial charge in [0.05, 0.1) is 37.6 Å². The molecule has 2 atom stereocenters. The Bertz CT molecular complexity index is 381. The van der Waals surface area contributed by atoms with Crippen LogP contribution in [0.3, 0.4) is 0 Å². The Balaban J connectivity index is 2.48. The highest BCUT2D eigenvalue weighted by molar-refractivity contribution is 5.78. The maximum Gasteiger partial charge on any atom is 0.236 e. The quantitative estimate of drug-likeness (QED) is 0.756. The van der Waals surface area contributed by atoms with E-state index in [4.69, 9.17) is 10.5 Å². The van der Waals surface area contributed by atoms with Crippen molar-refractivity contribution in [2.75, 3.05) is 32.7 Å². The summed E-state index contributed by atoms with van der Waals surface area (Å²) in [6.45, 7) is 4.45. The van der Waals surface area contributed by atoms with Crippen molar-refractivity contribution in [3.05, 3.63) is 0 Å². The van der Waals surface area contributed by atoms with Gasteiger partial charge < -0.3 is 10.0 Å². The zero-order valence-corrected chi connectivity index (χ0v) is 12.0. The predicted octanol–water partition coefficient (Wildman–Crippen LogP) is 0.345. The normalized spacial score (nSPS) is 22.8. The minimum atomic E-state index is -0.283. The van der Waals surface area contributed by atoms with Crippen molar-refractivity contribution in [2.24, 2.45) is 5.92 Å². The zero-order chi connectivity index (χ0) is 15.0. The second-order valence-electron chi connectivity index (χ2n) is 5.27. The van der Waals surface area contributed by atoms with Crippen LogP contribution in [0.5, 0.6) is 0 Å². The van der Waals surface area contributed by atoms with Crippen LogP contribution < -0.4 is 0 Å². The van der Waals surface area contributed by atoms with E-state index in [1.165, 1.54) is 0 Å². The van der Waals surface area contributed by atoms with Crippen LogP contribution >= 0.6 is 0 Å². The van der Waals surface area contributed by atoms with E-state index in [2.05, 4.69) is 0 Å². The van der Waals surface area contributed by atoms with Crippen LogP contribution in [0.4, 0.5) is 0 Å². The van der Waals surface area contributed by atoms with E-state index >= 15 is 0 Å². The van der Waals surface area contributed by atoms with E-state index in [1.54, 1.807) is 4.90 Å². The molecule has 1 aliphatic rings. The van der Waals surface area contributed by atoms with Crippen LogP contribution in [0.15, 0.2) is 0 Å². The lowest BCUT2D eigenvalue weighted by atomic mass is 9.97. The molecule has 1 saturated heterocycles. The summed E-state index contributed by atoms with van der Waals surface area (Å²) >= 11 is 0. The van der Waals surface area contributed by atoms with Gasteiger partial charge >= 0.3 is 0 Å². The zero-order valence-electron chi connectivity index (χ0n) is 12.0. The Morgan fingerprint density at radius 2 is 1.95 bits per heavy atom. The Morgan fingerprint density at radius 3 is 2.45 bits per heavy atom. The number of nitriles is 2. The number of rotatable bonds is 6. The van der Waals surface area contributed by atoms with Gasteiger partial charge in [-0.2, -0.15) is 10.5 Å². The lowest BCUT2D eigenvalue weighted by Crippen LogP contribution is -2.47. The van der Waals surface area contributed by atoms with E-state index in [9.17, 15) is 9.90 Å². The van der Waals surface area contributed by atoms with Gasteiger partial charge in [-0.05, 0) is 12.3 Å². The summed E-state index contributed by atoms with van der Waals surface area (Å²) < 4.78 is 0. The van der Waals surface area contributed by atoms with Crippen LogP contribution in [0, 0.1) is 28.6 Å². The Kier molecular flexibility index (Phi) is 7.00. The smallest absolute Gasteiger partial charge is 0.236 e. The molecule has 1 amide bonds. The van der Waals surface area contributed by atoms with Gasteiger partial charge in [-0.25, -0.2) is 0 Å². The molecule has 1 fully saturated rings. The number of aliphatic hydroxyl groups is 1. The largest absolute Gasteiger partial charge is 0.393 e. The summed E-state index contributed by atoms with van der Waals surface area (Å²) in [6.07, 6.45) is 0.971. The number of aliphatic hydroxyl groups excluding tert-OH is 1. The number of amides is 1. The molecule has 1 rings (SSSR count). The molecule has 1 N–H and O–H groups in total. The van der Waals surface area contributed by atoms with E-state index in [0.29, 0.717) is 39.1 Å². The molecule has 0 aromatic heterocycles. The molecule has 0 bridgehead atoms. The number of hydrogen-bond donors (Lipinski definition) is 1. The van der Waals surface area contributed by atoms with E-state index in [0.717, 1.165) is 0 Å². The molecule has 1 heterocycles. The van der Waals surface area contributed by atoms with Crippen LogP contribution in [0.2, 0.25) is 0 Å². The van der Waals surface area contributed by atoms with Crippen molar-refractivity contribution >= 4 is 5.91 Å². The van der Waals surface area contributed by atoms with Crippen molar-refractivity contribution in [1.82, 2.24) is 9.80 Å². The highest BCUT2D eigenvalue weighted by Crippen LogP contribution is 2.16. The SMILES string of the molecule is CC1CN(CC(=O)N(CCC#N)CCC#N)CCC1O. The average molecular weight is 278 g/mol. The first-order chi connectivity index (χ1) is 9.58. The molecule has 2 unspecified atom stereocenters. The molecule has 0 saturated carbocycles. The van der Waals surface area contributed by atoms with Gasteiger partial charge in [0, 0.05) is 26.2 Å². The molecule has 0 aliphatic carbocycles. The molecule has 110 valence electrons. The Morgan fingerprint density at radius 1 is 1.35 bits per heavy atom. The summed E-state index contributed by atoms with van der Waals surface area (Å²) in [5.74, 6) is 0.127. The summed E-state index contributed by atoms with van der Waals surface area (Å²) in [4.78, 5) is 15.8. The third-order valence-corrected chi connectivity index (χ3v) is 3.64. The fraction of sp³-hybridized carbons (Fsp3) is 0.786. The molecule has 0 aromatic carbocycles. The third kappa shape index (κ3) is 5.16. The predicted molar refractivity (Wildman–Crippen MR) is 73.3 cm³/mol. The molecular weight excluding hydrogens is 256 g/mol. The summed E-state index contributed by atoms with van der Waals surface area (Å²) in [5, 5.41) is 26.9. The van der Waals surface area contributed by atoms with Crippen LogP contribution in [0.1, 0.15) is 26.2 Å². The number of hydrogen-bond acceptors (Lipinski definition) is 5. The van der Waals surface area contributed by atoms with Gasteiger partial charge in [-0.15, -0.1) is 0 Å². The fourth-order valence-corrected chi connectivity index (χ4v) is 2.39. The summed E-state index contributed by atoms with van der Waals surface area (Å²) in [5.41, 5.74) is 0. The molecule has 6 nitrogen and oxygen atoms in total. The first-order valence-electron chi connectivity index (χ1n) is 7.00. The number of piperidine rings is 1. The van der Waals surface area contributed by atoms with E-state index < -0.39 is 0 Å². The average Bonchev–Trinajstić information content (AvgIpc) is 2.43. The number of nitrogens with zero attached hydrogens (tertiary/aromatic N) is 4. The minimum absolute atomic E-state index is 0.0425. The van der Waals surface area contributed by atoms with Gasteiger partial charge in [-0.1, -0.05) is 6.92 Å². The molecular formula is C14H22N4O2. The van der Waals surface area contributed by atoms with Gasteiger partial charge in [0.15, 0.2) is 0 Å². The van der Waals surface area contributed by atoms with Crippen molar-refractivity contribution in [1.29, 1.82) is 10.5 Å². The monoisotopic (exact) mass is 278 g/mol. The van der Waals surface area contributed by atoms with Crippen molar-refractivity contribution in [3.63, 3.8) is 0 Å². The number of carbonyl (C=O) groups excluding carboxylic acids is 1. The van der Waals surface area contributed by atoms with Gasteiger partial charge in [0.1, 0.15) is 0 Å². The maximum atomic E-state index is 12.2. The molecule has 6 heteroatoms. The highest BCUT2D eigenvalue weighted by atomic mass is 16.3. The van der Waals surface area contributed by atoms with Gasteiger partial charge in [0.25, 0.3) is 0 Å². The van der Waals surface area contributed by atoms with Crippen molar-refractivity contribution in [2.45, 2.75) is 32.3 Å². The fourth-order valence-electron chi connectivity index (χ4n) is 2.39. The third-order valence-electron chi connectivity index (χ3n) is 3.64.